The molecule has 2 atom stereocenters. The second-order valence-electron chi connectivity index (χ2n) is 6.25. The number of aromatic nitrogens is 2. The quantitative estimate of drug-likeness (QED) is 0.926. The molecule has 1 heterocycles. The zero-order chi connectivity index (χ0) is 15.0. The standard InChI is InChI=1S/C14H22F3N3/c1-10(2)20-7-5-12(19-20)9-13(18)6-3-4-11(8-13)14(15,16)17/h5,7,10-11H,3-4,6,8-9,18H2,1-2H3. The zero-order valence-corrected chi connectivity index (χ0v) is 12.0. The summed E-state index contributed by atoms with van der Waals surface area (Å²) < 4.78 is 40.4. The van der Waals surface area contributed by atoms with Crippen LogP contribution in [0.15, 0.2) is 12.3 Å². The molecule has 1 aliphatic carbocycles. The summed E-state index contributed by atoms with van der Waals surface area (Å²) in [6, 6.07) is 2.10. The maximum Gasteiger partial charge on any atom is 0.391 e. The van der Waals surface area contributed by atoms with E-state index in [2.05, 4.69) is 5.10 Å². The molecular weight excluding hydrogens is 267 g/mol. The summed E-state index contributed by atoms with van der Waals surface area (Å²) in [7, 11) is 0. The largest absolute Gasteiger partial charge is 0.391 e. The number of nitrogens with two attached hydrogens (primary N) is 1. The molecule has 114 valence electrons. The predicted molar refractivity (Wildman–Crippen MR) is 71.2 cm³/mol. The van der Waals surface area contributed by atoms with Crippen LogP contribution >= 0.6 is 0 Å². The zero-order valence-electron chi connectivity index (χ0n) is 12.0. The van der Waals surface area contributed by atoms with Crippen LogP contribution in [0.1, 0.15) is 51.3 Å². The van der Waals surface area contributed by atoms with Crippen LogP contribution < -0.4 is 5.73 Å². The predicted octanol–water partition coefficient (Wildman–Crippen LogP) is 3.46. The Hall–Kier alpha value is -1.04. The van der Waals surface area contributed by atoms with Gasteiger partial charge in [-0.2, -0.15) is 18.3 Å². The molecular formula is C14H22F3N3. The molecule has 2 unspecified atom stereocenters. The molecule has 0 aromatic carbocycles. The number of alkyl halides is 3. The van der Waals surface area contributed by atoms with Crippen molar-refractivity contribution in [2.45, 2.75) is 63.7 Å². The fourth-order valence-electron chi connectivity index (χ4n) is 2.96. The van der Waals surface area contributed by atoms with Crippen LogP contribution in [0.25, 0.3) is 0 Å². The Morgan fingerprint density at radius 2 is 2.20 bits per heavy atom. The van der Waals surface area contributed by atoms with Crippen LogP contribution in [0.4, 0.5) is 13.2 Å². The molecule has 1 aromatic heterocycles. The van der Waals surface area contributed by atoms with Gasteiger partial charge in [-0.15, -0.1) is 0 Å². The summed E-state index contributed by atoms with van der Waals surface area (Å²) in [5, 5.41) is 4.39. The van der Waals surface area contributed by atoms with Crippen molar-refractivity contribution < 1.29 is 13.2 Å². The van der Waals surface area contributed by atoms with Gasteiger partial charge in [0.25, 0.3) is 0 Å². The average molecular weight is 289 g/mol. The van der Waals surface area contributed by atoms with Crippen molar-refractivity contribution in [2.24, 2.45) is 11.7 Å². The summed E-state index contributed by atoms with van der Waals surface area (Å²) in [4.78, 5) is 0. The van der Waals surface area contributed by atoms with Gasteiger partial charge >= 0.3 is 6.18 Å². The molecule has 0 saturated heterocycles. The Morgan fingerprint density at radius 3 is 2.75 bits per heavy atom. The van der Waals surface area contributed by atoms with Crippen molar-refractivity contribution >= 4 is 0 Å². The molecule has 0 amide bonds. The summed E-state index contributed by atoms with van der Waals surface area (Å²) in [6.07, 6.45) is -0.497. The van der Waals surface area contributed by atoms with Gasteiger partial charge in [0.05, 0.1) is 11.6 Å². The third-order valence-corrected chi connectivity index (χ3v) is 4.07. The topological polar surface area (TPSA) is 43.8 Å². The Balaban J connectivity index is 2.06. The maximum atomic E-state index is 12.9. The third kappa shape index (κ3) is 3.53. The first kappa shape index (κ1) is 15.4. The third-order valence-electron chi connectivity index (χ3n) is 4.07. The molecule has 0 bridgehead atoms. The van der Waals surface area contributed by atoms with Crippen molar-refractivity contribution in [2.75, 3.05) is 0 Å². The minimum Gasteiger partial charge on any atom is -0.325 e. The number of hydrogen-bond donors (Lipinski definition) is 1. The molecule has 3 nitrogen and oxygen atoms in total. The minimum absolute atomic E-state index is 0.00500. The van der Waals surface area contributed by atoms with Crippen LogP contribution in [-0.4, -0.2) is 21.5 Å². The van der Waals surface area contributed by atoms with E-state index < -0.39 is 17.6 Å². The Bertz CT molecular complexity index is 453. The van der Waals surface area contributed by atoms with Crippen LogP contribution in [0.5, 0.6) is 0 Å². The summed E-state index contributed by atoms with van der Waals surface area (Å²) >= 11 is 0. The lowest BCUT2D eigenvalue weighted by atomic mass is 9.74. The van der Waals surface area contributed by atoms with Crippen molar-refractivity contribution in [3.05, 3.63) is 18.0 Å². The van der Waals surface area contributed by atoms with Gasteiger partial charge in [0.2, 0.25) is 0 Å². The van der Waals surface area contributed by atoms with E-state index in [9.17, 15) is 13.2 Å². The molecule has 0 aliphatic heterocycles. The summed E-state index contributed by atoms with van der Waals surface area (Å²) in [5.74, 6) is -1.27. The van der Waals surface area contributed by atoms with Gasteiger partial charge in [0.15, 0.2) is 0 Å². The van der Waals surface area contributed by atoms with Crippen LogP contribution in [0, 0.1) is 5.92 Å². The van der Waals surface area contributed by atoms with Gasteiger partial charge in [-0.3, -0.25) is 4.68 Å². The lowest BCUT2D eigenvalue weighted by Crippen LogP contribution is -2.49. The fraction of sp³-hybridized carbons (Fsp3) is 0.786. The molecule has 2 rings (SSSR count). The average Bonchev–Trinajstić information content (AvgIpc) is 2.75. The second-order valence-corrected chi connectivity index (χ2v) is 6.25. The first-order chi connectivity index (χ1) is 9.20. The lowest BCUT2D eigenvalue weighted by Gasteiger charge is -2.38. The number of rotatable bonds is 3. The van der Waals surface area contributed by atoms with Gasteiger partial charge in [0.1, 0.15) is 0 Å². The molecule has 1 saturated carbocycles. The van der Waals surface area contributed by atoms with E-state index in [4.69, 9.17) is 5.73 Å². The highest BCUT2D eigenvalue weighted by Crippen LogP contribution is 2.41. The monoisotopic (exact) mass is 289 g/mol. The van der Waals surface area contributed by atoms with Gasteiger partial charge in [-0.25, -0.2) is 0 Å². The van der Waals surface area contributed by atoms with E-state index in [1.54, 1.807) is 0 Å². The summed E-state index contributed by atoms with van der Waals surface area (Å²) in [5.41, 5.74) is 6.21. The number of hydrogen-bond acceptors (Lipinski definition) is 2. The second kappa shape index (κ2) is 5.39. The Kier molecular flexibility index (Phi) is 4.14. The van der Waals surface area contributed by atoms with E-state index in [1.807, 2.05) is 30.8 Å². The van der Waals surface area contributed by atoms with Gasteiger partial charge in [-0.1, -0.05) is 6.42 Å². The first-order valence-corrected chi connectivity index (χ1v) is 7.09. The minimum atomic E-state index is -4.14. The maximum absolute atomic E-state index is 12.9. The van der Waals surface area contributed by atoms with Crippen LogP contribution in [-0.2, 0) is 6.42 Å². The molecule has 1 fully saturated rings. The Morgan fingerprint density at radius 1 is 1.50 bits per heavy atom. The summed E-state index contributed by atoms with van der Waals surface area (Å²) in [6.45, 7) is 4.02. The lowest BCUT2D eigenvalue weighted by molar-refractivity contribution is -0.187. The molecule has 20 heavy (non-hydrogen) atoms. The van der Waals surface area contributed by atoms with Crippen LogP contribution in [0.2, 0.25) is 0 Å². The first-order valence-electron chi connectivity index (χ1n) is 7.09. The number of halogens is 3. The highest BCUT2D eigenvalue weighted by molar-refractivity contribution is 5.07. The van der Waals surface area contributed by atoms with E-state index in [-0.39, 0.29) is 18.9 Å². The highest BCUT2D eigenvalue weighted by Gasteiger charge is 2.46. The fourth-order valence-corrected chi connectivity index (χ4v) is 2.96. The molecule has 2 N–H and O–H groups in total. The van der Waals surface area contributed by atoms with Crippen molar-refractivity contribution in [3.63, 3.8) is 0 Å². The number of nitrogens with zero attached hydrogens (tertiary/aromatic N) is 2. The SMILES string of the molecule is CC(C)n1ccc(CC2(N)CCCC(C(F)(F)F)C2)n1. The molecule has 6 heteroatoms. The Labute approximate surface area is 117 Å². The van der Waals surface area contributed by atoms with E-state index in [0.717, 1.165) is 5.69 Å². The smallest absolute Gasteiger partial charge is 0.325 e. The van der Waals surface area contributed by atoms with Crippen molar-refractivity contribution in [1.29, 1.82) is 0 Å². The van der Waals surface area contributed by atoms with E-state index >= 15 is 0 Å². The molecule has 1 aromatic rings. The molecule has 1 aliphatic rings. The molecule has 0 spiro atoms. The van der Waals surface area contributed by atoms with Crippen molar-refractivity contribution in [1.82, 2.24) is 9.78 Å². The van der Waals surface area contributed by atoms with Crippen LogP contribution in [0.3, 0.4) is 0 Å². The van der Waals surface area contributed by atoms with Crippen molar-refractivity contribution in [3.8, 4) is 0 Å². The van der Waals surface area contributed by atoms with E-state index in [1.165, 1.54) is 0 Å². The van der Waals surface area contributed by atoms with E-state index in [0.29, 0.717) is 19.3 Å². The van der Waals surface area contributed by atoms with Gasteiger partial charge < -0.3 is 5.73 Å². The van der Waals surface area contributed by atoms with Gasteiger partial charge in [-0.05, 0) is 39.2 Å². The molecule has 0 radical (unpaired) electrons. The highest BCUT2D eigenvalue weighted by atomic mass is 19.4. The van der Waals surface area contributed by atoms with Gasteiger partial charge in [0, 0.05) is 24.2 Å². The normalized spacial score (nSPS) is 28.1.